The van der Waals surface area contributed by atoms with Crippen molar-refractivity contribution in [1.82, 2.24) is 5.32 Å². The van der Waals surface area contributed by atoms with Gasteiger partial charge in [-0.25, -0.2) is 4.79 Å². The Hall–Kier alpha value is -3.80. The highest BCUT2D eigenvalue weighted by atomic mass is 16.5. The molecule has 1 aliphatic rings. The van der Waals surface area contributed by atoms with E-state index in [0.717, 1.165) is 29.0 Å². The highest BCUT2D eigenvalue weighted by Crippen LogP contribution is 2.30. The predicted octanol–water partition coefficient (Wildman–Crippen LogP) is 5.88. The average molecular weight is 502 g/mol. The van der Waals surface area contributed by atoms with Gasteiger partial charge in [0.2, 0.25) is 0 Å². The molecular weight excluding hydrogens is 466 g/mol. The fourth-order valence-corrected chi connectivity index (χ4v) is 4.47. The van der Waals surface area contributed by atoms with Gasteiger partial charge in [0.25, 0.3) is 5.91 Å². The van der Waals surface area contributed by atoms with Gasteiger partial charge in [0, 0.05) is 12.0 Å². The van der Waals surface area contributed by atoms with Crippen molar-refractivity contribution in [2.24, 2.45) is 5.92 Å². The first-order chi connectivity index (χ1) is 17.9. The van der Waals surface area contributed by atoms with Crippen LogP contribution in [-0.4, -0.2) is 29.6 Å². The van der Waals surface area contributed by atoms with E-state index in [1.165, 1.54) is 24.8 Å². The summed E-state index contributed by atoms with van der Waals surface area (Å²) in [6.45, 7) is 4.37. The maximum absolute atomic E-state index is 12.9. The second-order valence-corrected chi connectivity index (χ2v) is 9.78. The molecule has 37 heavy (non-hydrogen) atoms. The zero-order valence-corrected chi connectivity index (χ0v) is 21.5. The predicted molar refractivity (Wildman–Crippen MR) is 143 cm³/mol. The van der Waals surface area contributed by atoms with Crippen LogP contribution in [-0.2, 0) is 17.8 Å². The molecule has 0 bridgehead atoms. The molecule has 4 rings (SSSR count). The van der Waals surface area contributed by atoms with Gasteiger partial charge in [0.15, 0.2) is 0 Å². The van der Waals surface area contributed by atoms with Gasteiger partial charge in [-0.2, -0.15) is 0 Å². The Kier molecular flexibility index (Phi) is 8.83. The minimum atomic E-state index is -1.10. The second kappa shape index (κ2) is 12.4. The van der Waals surface area contributed by atoms with Crippen LogP contribution in [0, 0.1) is 19.8 Å². The van der Waals surface area contributed by atoms with E-state index in [9.17, 15) is 14.7 Å². The molecular formula is C31H35NO5. The zero-order valence-electron chi connectivity index (χ0n) is 21.5. The monoisotopic (exact) mass is 501 g/mol. The number of amides is 1. The lowest BCUT2D eigenvalue weighted by atomic mass is 9.81. The highest BCUT2D eigenvalue weighted by molar-refractivity contribution is 5.98. The molecule has 1 unspecified atom stereocenters. The molecule has 6 heteroatoms. The highest BCUT2D eigenvalue weighted by Gasteiger charge is 2.23. The van der Waals surface area contributed by atoms with E-state index in [1.54, 1.807) is 24.3 Å². The molecule has 0 saturated heterocycles. The summed E-state index contributed by atoms with van der Waals surface area (Å²) in [5.74, 6) is 0.680. The molecule has 3 aromatic carbocycles. The Morgan fingerprint density at radius 3 is 2.27 bits per heavy atom. The summed E-state index contributed by atoms with van der Waals surface area (Å²) < 4.78 is 11.7. The van der Waals surface area contributed by atoms with Crippen LogP contribution in [0.2, 0.25) is 0 Å². The summed E-state index contributed by atoms with van der Waals surface area (Å²) in [5.41, 5.74) is 4.52. The fraction of sp³-hybridized carbons (Fsp3) is 0.355. The molecule has 6 nitrogen and oxygen atoms in total. The van der Waals surface area contributed by atoms with Gasteiger partial charge in [-0.15, -0.1) is 0 Å². The Morgan fingerprint density at radius 1 is 0.919 bits per heavy atom. The molecule has 0 aromatic heterocycles. The van der Waals surface area contributed by atoms with E-state index in [0.29, 0.717) is 23.7 Å². The lowest BCUT2D eigenvalue weighted by Crippen LogP contribution is -2.42. The third kappa shape index (κ3) is 7.13. The first-order valence-corrected chi connectivity index (χ1v) is 12.9. The Labute approximate surface area is 218 Å². The number of hydrogen-bond acceptors (Lipinski definition) is 4. The van der Waals surface area contributed by atoms with Crippen LogP contribution in [0.3, 0.4) is 0 Å². The number of carbonyl (C=O) groups is 2. The van der Waals surface area contributed by atoms with Gasteiger partial charge in [0.05, 0.1) is 6.61 Å². The number of rotatable bonds is 12. The van der Waals surface area contributed by atoms with Crippen molar-refractivity contribution in [3.63, 3.8) is 0 Å². The van der Waals surface area contributed by atoms with E-state index < -0.39 is 17.9 Å². The molecule has 0 radical (unpaired) electrons. The average Bonchev–Trinajstić information content (AvgIpc) is 2.87. The van der Waals surface area contributed by atoms with Gasteiger partial charge in [-0.1, -0.05) is 61.7 Å². The molecule has 1 saturated carbocycles. The van der Waals surface area contributed by atoms with E-state index in [-0.39, 0.29) is 13.0 Å². The van der Waals surface area contributed by atoms with E-state index >= 15 is 0 Å². The Balaban J connectivity index is 1.32. The van der Waals surface area contributed by atoms with Gasteiger partial charge in [-0.3, -0.25) is 4.79 Å². The van der Waals surface area contributed by atoms with Crippen LogP contribution in [0.1, 0.15) is 58.3 Å². The topological polar surface area (TPSA) is 84.9 Å². The van der Waals surface area contributed by atoms with Gasteiger partial charge < -0.3 is 19.9 Å². The molecule has 2 N–H and O–H groups in total. The first-order valence-electron chi connectivity index (χ1n) is 12.9. The molecule has 1 atom stereocenters. The number of aliphatic carboxylic acids is 1. The molecule has 3 aromatic rings. The lowest BCUT2D eigenvalue weighted by Gasteiger charge is -2.25. The van der Waals surface area contributed by atoms with Crippen molar-refractivity contribution >= 4 is 11.9 Å². The maximum atomic E-state index is 12.9. The van der Waals surface area contributed by atoms with E-state index in [1.807, 2.05) is 32.0 Å². The van der Waals surface area contributed by atoms with Gasteiger partial charge in [0.1, 0.15) is 24.1 Å². The first kappa shape index (κ1) is 26.3. The number of carboxylic acids is 1. The number of carbonyl (C=O) groups excluding carboxylic acids is 1. The summed E-state index contributed by atoms with van der Waals surface area (Å²) in [5, 5.41) is 12.2. The molecule has 0 aliphatic heterocycles. The summed E-state index contributed by atoms with van der Waals surface area (Å²) >= 11 is 0. The Morgan fingerprint density at radius 2 is 1.62 bits per heavy atom. The van der Waals surface area contributed by atoms with E-state index in [4.69, 9.17) is 9.47 Å². The summed E-state index contributed by atoms with van der Waals surface area (Å²) in [6.07, 6.45) is 5.36. The number of para-hydroxylation sites is 1. The molecule has 0 spiro atoms. The van der Waals surface area contributed by atoms with Crippen LogP contribution in [0.25, 0.3) is 0 Å². The third-order valence-corrected chi connectivity index (χ3v) is 7.17. The number of ether oxygens (including phenoxy) is 2. The van der Waals surface area contributed by atoms with Crippen LogP contribution >= 0.6 is 0 Å². The van der Waals surface area contributed by atoms with Crippen molar-refractivity contribution in [1.29, 1.82) is 0 Å². The van der Waals surface area contributed by atoms with Crippen LogP contribution in [0.4, 0.5) is 0 Å². The van der Waals surface area contributed by atoms with Crippen molar-refractivity contribution in [2.45, 2.75) is 58.6 Å². The molecule has 1 fully saturated rings. The number of carboxylic acid groups (broad SMARTS) is 1. The zero-order chi connectivity index (χ0) is 26.2. The number of nitrogens with one attached hydrogen (secondary N) is 1. The SMILES string of the molecule is Cc1c(OCc2ccc(CC3CCC3)cc2)ccc(C(=O)NC(CCOc2ccccc2)C(=O)O)c1C. The minimum Gasteiger partial charge on any atom is -0.494 e. The van der Waals surface area contributed by atoms with Crippen LogP contribution in [0.15, 0.2) is 66.7 Å². The Bertz CT molecular complexity index is 1200. The van der Waals surface area contributed by atoms with Gasteiger partial charge in [-0.05, 0) is 72.7 Å². The van der Waals surface area contributed by atoms with Gasteiger partial charge >= 0.3 is 5.97 Å². The molecule has 194 valence electrons. The molecule has 1 amide bonds. The van der Waals surface area contributed by atoms with Crippen molar-refractivity contribution < 1.29 is 24.2 Å². The molecule has 0 heterocycles. The van der Waals surface area contributed by atoms with E-state index in [2.05, 4.69) is 29.6 Å². The number of benzene rings is 3. The van der Waals surface area contributed by atoms with Crippen molar-refractivity contribution in [3.8, 4) is 11.5 Å². The largest absolute Gasteiger partial charge is 0.494 e. The smallest absolute Gasteiger partial charge is 0.326 e. The summed E-state index contributed by atoms with van der Waals surface area (Å²) in [6, 6.07) is 20.2. The fourth-order valence-electron chi connectivity index (χ4n) is 4.47. The number of hydrogen-bond donors (Lipinski definition) is 2. The minimum absolute atomic E-state index is 0.147. The summed E-state index contributed by atoms with van der Waals surface area (Å²) in [4.78, 5) is 24.7. The third-order valence-electron chi connectivity index (χ3n) is 7.17. The standard InChI is InChI=1S/C31H35NO5/c1-21-22(2)29(37-20-25-13-11-24(12-14-25)19-23-7-6-8-23)16-15-27(21)30(33)32-28(31(34)35)17-18-36-26-9-4-3-5-10-26/h3-5,9-16,23,28H,6-8,17-20H2,1-2H3,(H,32,33)(H,34,35). The van der Waals surface area contributed by atoms with Crippen molar-refractivity contribution in [2.75, 3.05) is 6.61 Å². The normalized spacial score (nSPS) is 13.9. The lowest BCUT2D eigenvalue weighted by molar-refractivity contribution is -0.139. The van der Waals surface area contributed by atoms with Crippen molar-refractivity contribution in [3.05, 3.63) is 94.5 Å². The maximum Gasteiger partial charge on any atom is 0.326 e. The second-order valence-electron chi connectivity index (χ2n) is 9.78. The quantitative estimate of drug-likeness (QED) is 0.324. The molecule has 1 aliphatic carbocycles. The van der Waals surface area contributed by atoms with Crippen LogP contribution in [0.5, 0.6) is 11.5 Å². The van der Waals surface area contributed by atoms with Crippen LogP contribution < -0.4 is 14.8 Å². The summed E-state index contributed by atoms with van der Waals surface area (Å²) in [7, 11) is 0.